The van der Waals surface area contributed by atoms with Crippen molar-refractivity contribution in [1.82, 2.24) is 25.1 Å². The summed E-state index contributed by atoms with van der Waals surface area (Å²) in [5.41, 5.74) is -0.942. The largest absolute Gasteiger partial charge is 0.418 e. The predicted molar refractivity (Wildman–Crippen MR) is 123 cm³/mol. The molecule has 0 saturated heterocycles. The maximum atomic E-state index is 13.0. The number of alkyl halides is 3. The Balaban J connectivity index is 1.40. The lowest BCUT2D eigenvalue weighted by molar-refractivity contribution is -0.137. The molecular weight excluding hydrogens is 523 g/mol. The van der Waals surface area contributed by atoms with Gasteiger partial charge in [-0.1, -0.05) is 23.7 Å². The Bertz CT molecular complexity index is 1400. The van der Waals surface area contributed by atoms with Crippen molar-refractivity contribution in [1.29, 1.82) is 0 Å². The summed E-state index contributed by atoms with van der Waals surface area (Å²) >= 11 is 6.56. The quantitative estimate of drug-likeness (QED) is 0.284. The molecule has 4 heterocycles. The van der Waals surface area contributed by atoms with Crippen molar-refractivity contribution in [2.75, 3.05) is 10.6 Å². The SMILES string of the molecule is C[C@@H](CC(=O)c1cc(Nc2ccon2)ncn1)c1ncc(C(=O)Nc2cc(C(F)(F)F)c(Cl)cn2)s1. The number of carbonyl (C=O) groups excluding carboxylic acids is 2. The fraction of sp³-hybridized carbons (Fsp3) is 0.190. The number of Topliss-reactive ketones (excluding diaryl/α,β-unsaturated/α-hetero) is 1. The molecule has 0 unspecified atom stereocenters. The van der Waals surface area contributed by atoms with E-state index in [4.69, 9.17) is 16.1 Å². The van der Waals surface area contributed by atoms with Crippen LogP contribution in [-0.4, -0.2) is 36.8 Å². The lowest BCUT2D eigenvalue weighted by Crippen LogP contribution is -2.13. The Kier molecular flexibility index (Phi) is 7.26. The zero-order chi connectivity index (χ0) is 25.9. The van der Waals surface area contributed by atoms with Crippen molar-refractivity contribution in [3.63, 3.8) is 0 Å². The standard InChI is InChI=1S/C21H15ClF3N7O3S/c1-10(4-14(33)13-6-18(29-9-28-13)30-16-2-3-35-32-16)20-27-8-15(36-20)19(34)31-17-5-11(21(23,24)25)12(22)7-26-17/h2-3,5-10H,4H2,1H3,(H,26,31,34)(H,28,29,30,32)/t10-/m0/s1. The third kappa shape index (κ3) is 6.01. The number of halogens is 4. The van der Waals surface area contributed by atoms with Gasteiger partial charge < -0.3 is 15.2 Å². The number of rotatable bonds is 8. The lowest BCUT2D eigenvalue weighted by Gasteiger charge is -2.10. The van der Waals surface area contributed by atoms with Gasteiger partial charge in [0.25, 0.3) is 5.91 Å². The van der Waals surface area contributed by atoms with Crippen LogP contribution in [0.1, 0.15) is 50.0 Å². The van der Waals surface area contributed by atoms with Gasteiger partial charge in [0.15, 0.2) is 11.6 Å². The average Bonchev–Trinajstić information content (AvgIpc) is 3.52. The van der Waals surface area contributed by atoms with Gasteiger partial charge >= 0.3 is 6.18 Å². The molecule has 15 heteroatoms. The van der Waals surface area contributed by atoms with Gasteiger partial charge in [0.05, 0.1) is 21.8 Å². The molecule has 0 spiro atoms. The van der Waals surface area contributed by atoms with Crippen LogP contribution >= 0.6 is 22.9 Å². The molecule has 4 aromatic rings. The van der Waals surface area contributed by atoms with E-state index in [0.29, 0.717) is 22.7 Å². The van der Waals surface area contributed by atoms with Crippen LogP contribution in [-0.2, 0) is 6.18 Å². The highest BCUT2D eigenvalue weighted by atomic mass is 35.5. The summed E-state index contributed by atoms with van der Waals surface area (Å²) in [5.74, 6) is -0.880. The summed E-state index contributed by atoms with van der Waals surface area (Å²) in [4.78, 5) is 41.3. The number of thiazole rings is 1. The van der Waals surface area contributed by atoms with Crippen LogP contribution in [0.5, 0.6) is 0 Å². The van der Waals surface area contributed by atoms with Crippen LogP contribution in [0, 0.1) is 0 Å². The van der Waals surface area contributed by atoms with Crippen molar-refractivity contribution in [2.45, 2.75) is 25.4 Å². The molecule has 0 bridgehead atoms. The molecule has 1 amide bonds. The van der Waals surface area contributed by atoms with Crippen molar-refractivity contribution in [3.8, 4) is 0 Å². The molecule has 0 aliphatic rings. The molecular formula is C21H15ClF3N7O3S. The highest BCUT2D eigenvalue weighted by Crippen LogP contribution is 2.35. The van der Waals surface area contributed by atoms with E-state index in [1.807, 2.05) is 0 Å². The number of pyridine rings is 1. The molecule has 10 nitrogen and oxygen atoms in total. The van der Waals surface area contributed by atoms with Gasteiger partial charge in [-0.15, -0.1) is 11.3 Å². The predicted octanol–water partition coefficient (Wildman–Crippen LogP) is 5.36. The van der Waals surface area contributed by atoms with Crippen LogP contribution in [0.2, 0.25) is 5.02 Å². The minimum atomic E-state index is -4.70. The number of carbonyl (C=O) groups is 2. The molecule has 36 heavy (non-hydrogen) atoms. The summed E-state index contributed by atoms with van der Waals surface area (Å²) < 4.78 is 43.8. The van der Waals surface area contributed by atoms with Gasteiger partial charge in [-0.05, 0) is 6.07 Å². The zero-order valence-corrected chi connectivity index (χ0v) is 19.8. The van der Waals surface area contributed by atoms with E-state index >= 15 is 0 Å². The Morgan fingerprint density at radius 3 is 2.64 bits per heavy atom. The van der Waals surface area contributed by atoms with E-state index < -0.39 is 22.7 Å². The fourth-order valence-corrected chi connectivity index (χ4v) is 4.05. The van der Waals surface area contributed by atoms with Crippen molar-refractivity contribution in [3.05, 3.63) is 69.3 Å². The van der Waals surface area contributed by atoms with Gasteiger partial charge in [-0.25, -0.2) is 19.9 Å². The number of hydrogen-bond acceptors (Lipinski definition) is 10. The van der Waals surface area contributed by atoms with E-state index in [2.05, 4.69) is 35.7 Å². The maximum Gasteiger partial charge on any atom is 0.418 e. The molecule has 4 aromatic heterocycles. The maximum absolute atomic E-state index is 13.0. The van der Waals surface area contributed by atoms with Crippen molar-refractivity contribution in [2.24, 2.45) is 0 Å². The number of nitrogens with zero attached hydrogens (tertiary/aromatic N) is 5. The van der Waals surface area contributed by atoms with Gasteiger partial charge in [-0.3, -0.25) is 9.59 Å². The molecule has 0 radical (unpaired) electrons. The number of aromatic nitrogens is 5. The molecule has 0 aliphatic carbocycles. The van der Waals surface area contributed by atoms with E-state index in [1.54, 1.807) is 13.0 Å². The number of hydrogen-bond donors (Lipinski definition) is 2. The minimum Gasteiger partial charge on any atom is -0.363 e. The van der Waals surface area contributed by atoms with E-state index in [1.165, 1.54) is 24.9 Å². The second kappa shape index (κ2) is 10.4. The second-order valence-electron chi connectivity index (χ2n) is 7.39. The molecule has 4 rings (SSSR count). The monoisotopic (exact) mass is 537 g/mol. The summed E-state index contributed by atoms with van der Waals surface area (Å²) in [6.45, 7) is 1.75. The van der Waals surface area contributed by atoms with Crippen LogP contribution < -0.4 is 10.6 Å². The van der Waals surface area contributed by atoms with Gasteiger partial charge in [-0.2, -0.15) is 13.2 Å². The van der Waals surface area contributed by atoms with Gasteiger partial charge in [0.1, 0.15) is 34.8 Å². The minimum absolute atomic E-state index is 0.0443. The number of anilines is 3. The first kappa shape index (κ1) is 25.2. The smallest absolute Gasteiger partial charge is 0.363 e. The first-order chi connectivity index (χ1) is 17.1. The molecule has 0 fully saturated rings. The summed E-state index contributed by atoms with van der Waals surface area (Å²) in [6.07, 6.45) is 0.0538. The number of nitrogens with one attached hydrogen (secondary N) is 2. The van der Waals surface area contributed by atoms with E-state index in [9.17, 15) is 22.8 Å². The molecule has 0 aliphatic heterocycles. The normalized spacial score (nSPS) is 12.2. The molecule has 186 valence electrons. The Morgan fingerprint density at radius 2 is 1.92 bits per heavy atom. The van der Waals surface area contributed by atoms with Gasteiger partial charge in [0.2, 0.25) is 0 Å². The highest BCUT2D eigenvalue weighted by molar-refractivity contribution is 7.13. The topological polar surface area (TPSA) is 136 Å². The van der Waals surface area contributed by atoms with Gasteiger partial charge in [0, 0.05) is 30.7 Å². The second-order valence-corrected chi connectivity index (χ2v) is 8.86. The first-order valence-corrected chi connectivity index (χ1v) is 11.3. The van der Waals surface area contributed by atoms with Crippen LogP contribution in [0.15, 0.2) is 47.7 Å². The zero-order valence-electron chi connectivity index (χ0n) is 18.2. The molecule has 2 N–H and O–H groups in total. The third-order valence-corrected chi connectivity index (χ3v) is 6.24. The van der Waals surface area contributed by atoms with Crippen LogP contribution in [0.4, 0.5) is 30.6 Å². The highest BCUT2D eigenvalue weighted by Gasteiger charge is 2.34. The number of ketones is 1. The van der Waals surface area contributed by atoms with Crippen molar-refractivity contribution < 1.29 is 27.3 Å². The summed E-state index contributed by atoms with van der Waals surface area (Å²) in [6, 6.07) is 3.70. The lowest BCUT2D eigenvalue weighted by atomic mass is 10.0. The van der Waals surface area contributed by atoms with Crippen molar-refractivity contribution >= 4 is 52.1 Å². The molecule has 0 aromatic carbocycles. The van der Waals surface area contributed by atoms with Crippen LogP contribution in [0.25, 0.3) is 0 Å². The number of amides is 1. The average molecular weight is 538 g/mol. The fourth-order valence-electron chi connectivity index (χ4n) is 2.98. The molecule has 1 atom stereocenters. The van der Waals surface area contributed by atoms with E-state index in [-0.39, 0.29) is 34.5 Å². The summed E-state index contributed by atoms with van der Waals surface area (Å²) in [7, 11) is 0. The first-order valence-electron chi connectivity index (χ1n) is 10.1. The summed E-state index contributed by atoms with van der Waals surface area (Å²) in [5, 5.41) is 8.79. The Morgan fingerprint density at radius 1 is 1.11 bits per heavy atom. The molecule has 0 saturated carbocycles. The van der Waals surface area contributed by atoms with Crippen LogP contribution in [0.3, 0.4) is 0 Å². The Hall–Kier alpha value is -3.91. The van der Waals surface area contributed by atoms with E-state index in [0.717, 1.165) is 17.5 Å². The third-order valence-electron chi connectivity index (χ3n) is 4.71. The Labute approximate surface area is 209 Å².